The van der Waals surface area contributed by atoms with Crippen molar-refractivity contribution in [3.8, 4) is 0 Å². The average molecular weight is 307 g/mol. The molecule has 0 saturated carbocycles. The third-order valence-electron chi connectivity index (χ3n) is 2.30. The minimum atomic E-state index is -1.00. The molecule has 20 heavy (non-hydrogen) atoms. The van der Waals surface area contributed by atoms with E-state index in [2.05, 4.69) is 10.3 Å². The summed E-state index contributed by atoms with van der Waals surface area (Å²) in [6.45, 7) is 0.420. The molecule has 0 unspecified atom stereocenters. The molecule has 0 aromatic rings. The normalized spacial score (nSPS) is 18.6. The predicted octanol–water partition coefficient (Wildman–Crippen LogP) is -1.81. The molecule has 1 saturated heterocycles. The number of carbonyl (C=O) groups is 2. The summed E-state index contributed by atoms with van der Waals surface area (Å²) in [6.07, 6.45) is 0.956. The highest BCUT2D eigenvalue weighted by molar-refractivity contribution is 7.99. The van der Waals surface area contributed by atoms with Gasteiger partial charge in [0.05, 0.1) is 0 Å². The summed E-state index contributed by atoms with van der Waals surface area (Å²) in [7, 11) is 0. The van der Waals surface area contributed by atoms with Crippen molar-refractivity contribution in [3.05, 3.63) is 0 Å². The van der Waals surface area contributed by atoms with Crippen LogP contribution in [0.1, 0.15) is 12.8 Å². The van der Waals surface area contributed by atoms with E-state index in [4.69, 9.17) is 27.4 Å². The first kappa shape index (κ1) is 18.5. The fourth-order valence-corrected chi connectivity index (χ4v) is 2.13. The second-order valence-electron chi connectivity index (χ2n) is 4.00. The smallest absolute Gasteiger partial charge is 0.321 e. The zero-order valence-electron chi connectivity index (χ0n) is 11.0. The Kier molecular flexibility index (Phi) is 9.51. The van der Waals surface area contributed by atoms with E-state index in [0.29, 0.717) is 25.1 Å². The topological polar surface area (TPSA) is 177 Å². The van der Waals surface area contributed by atoms with Gasteiger partial charge in [-0.1, -0.05) is 0 Å². The molecule has 116 valence electrons. The summed E-state index contributed by atoms with van der Waals surface area (Å²) in [4.78, 5) is 24.0. The molecule has 0 amide bonds. The van der Waals surface area contributed by atoms with Crippen molar-refractivity contribution < 1.29 is 19.8 Å². The monoisotopic (exact) mass is 307 g/mol. The van der Waals surface area contributed by atoms with Crippen molar-refractivity contribution in [2.24, 2.45) is 22.2 Å². The van der Waals surface area contributed by atoms with Gasteiger partial charge < -0.3 is 27.4 Å². The van der Waals surface area contributed by atoms with Crippen LogP contribution in [0.3, 0.4) is 0 Å². The summed E-state index contributed by atoms with van der Waals surface area (Å²) in [5.74, 6) is -0.250. The second-order valence-corrected chi connectivity index (χ2v) is 5.03. The van der Waals surface area contributed by atoms with Crippen LogP contribution in [0.4, 0.5) is 0 Å². The van der Waals surface area contributed by atoms with E-state index >= 15 is 0 Å². The first-order valence-electron chi connectivity index (χ1n) is 5.92. The van der Waals surface area contributed by atoms with Gasteiger partial charge in [-0.05, 0) is 12.8 Å². The standard InChI is InChI=1S/C6H14N4O2.C4H7NO2S/c7-4(5(11)12)2-1-3-10-6(8)9;6-4(7)3-1-8-2-5-3/h4H,1-3,7H2,(H,11,12)(H4,8,9,10);3,5H,1-2H2,(H,6,7)/t4-;3-/m00/s1. The third kappa shape index (κ3) is 9.42. The van der Waals surface area contributed by atoms with Gasteiger partial charge in [0.15, 0.2) is 5.96 Å². The predicted molar refractivity (Wildman–Crippen MR) is 77.4 cm³/mol. The van der Waals surface area contributed by atoms with Crippen LogP contribution in [0, 0.1) is 0 Å². The Balaban J connectivity index is 0.000000388. The molecule has 10 heteroatoms. The van der Waals surface area contributed by atoms with Gasteiger partial charge in [-0.3, -0.25) is 19.9 Å². The maximum atomic E-state index is 10.2. The Labute approximate surface area is 121 Å². The number of carboxylic acids is 2. The number of carboxylic acid groups (broad SMARTS) is 2. The summed E-state index contributed by atoms with van der Waals surface area (Å²) in [5.41, 5.74) is 15.3. The molecule has 0 radical (unpaired) electrons. The fraction of sp³-hybridized carbons (Fsp3) is 0.700. The highest BCUT2D eigenvalue weighted by atomic mass is 32.2. The summed E-state index contributed by atoms with van der Waals surface area (Å²) in [6, 6.07) is -1.13. The molecule has 1 rings (SSSR count). The van der Waals surface area contributed by atoms with Crippen molar-refractivity contribution in [2.75, 3.05) is 18.2 Å². The molecule has 0 aromatic heterocycles. The SMILES string of the molecule is NC(N)=NCCC[C@H](N)C(=O)O.O=C(O)[C@@H]1CSCN1. The Morgan fingerprint density at radius 2 is 2.05 bits per heavy atom. The molecule has 1 heterocycles. The highest BCUT2D eigenvalue weighted by Gasteiger charge is 2.20. The average Bonchev–Trinajstić information content (AvgIpc) is 2.88. The van der Waals surface area contributed by atoms with Crippen LogP contribution in [0.15, 0.2) is 4.99 Å². The Morgan fingerprint density at radius 1 is 1.40 bits per heavy atom. The molecule has 0 bridgehead atoms. The van der Waals surface area contributed by atoms with E-state index in [9.17, 15) is 9.59 Å². The highest BCUT2D eigenvalue weighted by Crippen LogP contribution is 2.08. The van der Waals surface area contributed by atoms with Crippen molar-refractivity contribution >= 4 is 29.7 Å². The number of thioether (sulfide) groups is 1. The number of nitrogens with two attached hydrogens (primary N) is 3. The number of nitrogens with zero attached hydrogens (tertiary/aromatic N) is 1. The van der Waals surface area contributed by atoms with Gasteiger partial charge in [-0.15, -0.1) is 11.8 Å². The fourth-order valence-electron chi connectivity index (χ4n) is 1.20. The van der Waals surface area contributed by atoms with Crippen LogP contribution in [-0.4, -0.2) is 58.4 Å². The van der Waals surface area contributed by atoms with E-state index in [1.54, 1.807) is 11.8 Å². The molecule has 0 spiro atoms. The molecule has 1 aliphatic heterocycles. The summed E-state index contributed by atoms with van der Waals surface area (Å²) >= 11 is 1.62. The number of hydrogen-bond acceptors (Lipinski definition) is 6. The van der Waals surface area contributed by atoms with Crippen LogP contribution in [0.25, 0.3) is 0 Å². The quantitative estimate of drug-likeness (QED) is 0.187. The molecule has 9 nitrogen and oxygen atoms in total. The molecule has 2 atom stereocenters. The van der Waals surface area contributed by atoms with Crippen LogP contribution < -0.4 is 22.5 Å². The molecule has 9 N–H and O–H groups in total. The van der Waals surface area contributed by atoms with Crippen molar-refractivity contribution in [3.63, 3.8) is 0 Å². The van der Waals surface area contributed by atoms with Gasteiger partial charge in [0.25, 0.3) is 0 Å². The van der Waals surface area contributed by atoms with Crippen molar-refractivity contribution in [2.45, 2.75) is 24.9 Å². The summed E-state index contributed by atoms with van der Waals surface area (Å²) in [5, 5.41) is 19.5. The van der Waals surface area contributed by atoms with Crippen LogP contribution >= 0.6 is 11.8 Å². The Hall–Kier alpha value is -1.52. The van der Waals surface area contributed by atoms with Gasteiger partial charge in [-0.25, -0.2) is 0 Å². The maximum absolute atomic E-state index is 10.2. The zero-order valence-corrected chi connectivity index (χ0v) is 11.8. The lowest BCUT2D eigenvalue weighted by atomic mass is 10.2. The molecular weight excluding hydrogens is 286 g/mol. The zero-order chi connectivity index (χ0) is 15.5. The van der Waals surface area contributed by atoms with Crippen LogP contribution in [0.5, 0.6) is 0 Å². The first-order chi connectivity index (χ1) is 9.34. The molecular formula is C10H21N5O4S. The minimum Gasteiger partial charge on any atom is -0.480 e. The van der Waals surface area contributed by atoms with Crippen LogP contribution in [0.2, 0.25) is 0 Å². The van der Waals surface area contributed by atoms with E-state index in [-0.39, 0.29) is 12.0 Å². The molecule has 1 fully saturated rings. The molecule has 1 aliphatic rings. The summed E-state index contributed by atoms with van der Waals surface area (Å²) < 4.78 is 0. The van der Waals surface area contributed by atoms with Gasteiger partial charge in [-0.2, -0.15) is 0 Å². The lowest BCUT2D eigenvalue weighted by molar-refractivity contribution is -0.139. The third-order valence-corrected chi connectivity index (χ3v) is 3.24. The lowest BCUT2D eigenvalue weighted by Crippen LogP contribution is -2.32. The van der Waals surface area contributed by atoms with Gasteiger partial charge in [0, 0.05) is 18.2 Å². The Morgan fingerprint density at radius 3 is 2.40 bits per heavy atom. The van der Waals surface area contributed by atoms with Crippen molar-refractivity contribution in [1.82, 2.24) is 5.32 Å². The first-order valence-corrected chi connectivity index (χ1v) is 7.07. The Bertz CT molecular complexity index is 343. The lowest BCUT2D eigenvalue weighted by Gasteiger charge is -2.03. The number of aliphatic imine (C=N–C) groups is 1. The number of rotatable bonds is 6. The van der Waals surface area contributed by atoms with E-state index < -0.39 is 18.0 Å². The molecule has 0 aliphatic carbocycles. The molecule has 0 aromatic carbocycles. The van der Waals surface area contributed by atoms with Crippen molar-refractivity contribution in [1.29, 1.82) is 0 Å². The van der Waals surface area contributed by atoms with Crippen LogP contribution in [-0.2, 0) is 9.59 Å². The van der Waals surface area contributed by atoms with Gasteiger partial charge in [0.1, 0.15) is 12.1 Å². The van der Waals surface area contributed by atoms with Gasteiger partial charge in [0.2, 0.25) is 0 Å². The van der Waals surface area contributed by atoms with E-state index in [1.807, 2.05) is 0 Å². The van der Waals surface area contributed by atoms with E-state index in [0.717, 1.165) is 5.88 Å². The maximum Gasteiger partial charge on any atom is 0.321 e. The number of guanidine groups is 1. The number of hydrogen-bond donors (Lipinski definition) is 6. The van der Waals surface area contributed by atoms with E-state index in [1.165, 1.54) is 0 Å². The number of aliphatic carboxylic acids is 2. The number of nitrogens with one attached hydrogen (secondary N) is 1. The van der Waals surface area contributed by atoms with Gasteiger partial charge >= 0.3 is 11.9 Å². The largest absolute Gasteiger partial charge is 0.480 e. The minimum absolute atomic E-state index is 0.0129. The second kappa shape index (κ2) is 10.3.